The fourth-order valence-corrected chi connectivity index (χ4v) is 7.40. The van der Waals surface area contributed by atoms with Crippen molar-refractivity contribution in [2.45, 2.75) is 0 Å². The molecule has 0 bridgehead atoms. The maximum Gasteiger partial charge on any atom is 0.0540 e. The maximum absolute atomic E-state index is 2.40. The molecule has 0 atom stereocenters. The first-order chi connectivity index (χ1) is 25.3. The van der Waals surface area contributed by atoms with Crippen molar-refractivity contribution in [1.29, 1.82) is 0 Å². The molecule has 0 aliphatic carbocycles. The summed E-state index contributed by atoms with van der Waals surface area (Å²) in [6.07, 6.45) is 0. The van der Waals surface area contributed by atoms with Crippen LogP contribution in [0.5, 0.6) is 0 Å². The van der Waals surface area contributed by atoms with Gasteiger partial charge in [0.2, 0.25) is 0 Å². The van der Waals surface area contributed by atoms with E-state index in [1.807, 2.05) is 0 Å². The second kappa shape index (κ2) is 13.3. The Hall–Kier alpha value is -6.70. The number of para-hydroxylation sites is 2. The van der Waals surface area contributed by atoms with Crippen molar-refractivity contribution in [2.75, 3.05) is 4.90 Å². The molecule has 9 aromatic carbocycles. The van der Waals surface area contributed by atoms with Gasteiger partial charge < -0.3 is 4.90 Å². The van der Waals surface area contributed by atoms with Crippen molar-refractivity contribution in [3.63, 3.8) is 0 Å². The second-order valence-electron chi connectivity index (χ2n) is 13.0. The summed E-state index contributed by atoms with van der Waals surface area (Å²) in [7, 11) is 0. The quantitative estimate of drug-likeness (QED) is 0.155. The number of nitrogens with zero attached hydrogens (tertiary/aromatic N) is 1. The summed E-state index contributed by atoms with van der Waals surface area (Å²) in [5.41, 5.74) is 12.9. The first-order valence-corrected chi connectivity index (χ1v) is 17.5. The molecule has 9 aromatic rings. The minimum atomic E-state index is 1.10. The predicted molar refractivity (Wildman–Crippen MR) is 218 cm³/mol. The van der Waals surface area contributed by atoms with E-state index in [0.29, 0.717) is 0 Å². The van der Waals surface area contributed by atoms with Crippen molar-refractivity contribution in [3.05, 3.63) is 212 Å². The van der Waals surface area contributed by atoms with Crippen LogP contribution in [0.3, 0.4) is 0 Å². The first kappa shape index (κ1) is 30.4. The van der Waals surface area contributed by atoms with Gasteiger partial charge >= 0.3 is 0 Å². The predicted octanol–water partition coefficient (Wildman–Crippen LogP) is 14.1. The Morgan fingerprint density at radius 1 is 0.255 bits per heavy atom. The third-order valence-corrected chi connectivity index (χ3v) is 9.80. The molecule has 0 amide bonds. The van der Waals surface area contributed by atoms with Gasteiger partial charge in [0.05, 0.1) is 5.69 Å². The Labute approximate surface area is 299 Å². The van der Waals surface area contributed by atoms with E-state index in [0.717, 1.165) is 22.6 Å². The summed E-state index contributed by atoms with van der Waals surface area (Å²) in [6, 6.07) is 76.7. The Balaban J connectivity index is 1.25. The van der Waals surface area contributed by atoms with Gasteiger partial charge in [-0.1, -0.05) is 158 Å². The van der Waals surface area contributed by atoms with Crippen LogP contribution in [0.25, 0.3) is 66.1 Å². The van der Waals surface area contributed by atoms with Crippen LogP contribution >= 0.6 is 0 Å². The van der Waals surface area contributed by atoms with E-state index in [-0.39, 0.29) is 0 Å². The van der Waals surface area contributed by atoms with Crippen LogP contribution in [0, 0.1) is 0 Å². The van der Waals surface area contributed by atoms with Crippen LogP contribution in [0.15, 0.2) is 212 Å². The Kier molecular flexibility index (Phi) is 7.92. The number of anilines is 3. The number of benzene rings is 9. The van der Waals surface area contributed by atoms with Crippen molar-refractivity contribution in [2.24, 2.45) is 0 Å². The highest BCUT2D eigenvalue weighted by Crippen LogP contribution is 2.44. The average Bonchev–Trinajstić information content (AvgIpc) is 3.22. The van der Waals surface area contributed by atoms with Gasteiger partial charge in [-0.2, -0.15) is 0 Å². The van der Waals surface area contributed by atoms with Gasteiger partial charge in [-0.15, -0.1) is 0 Å². The van der Waals surface area contributed by atoms with Crippen LogP contribution < -0.4 is 4.90 Å². The van der Waals surface area contributed by atoms with Gasteiger partial charge in [-0.05, 0) is 115 Å². The summed E-state index contributed by atoms with van der Waals surface area (Å²) >= 11 is 0. The monoisotopic (exact) mass is 649 g/mol. The molecule has 0 unspecified atom stereocenters. The SMILES string of the molecule is c1ccc(-c2cc(-c3ccccc3)cc(-c3ccccc3N(c3ccccc3)c3cccc(-c4cc5ccccc5c5ccccc45)c3)c2)cc1. The van der Waals surface area contributed by atoms with E-state index in [1.54, 1.807) is 0 Å². The highest BCUT2D eigenvalue weighted by Gasteiger charge is 2.19. The molecule has 0 N–H and O–H groups in total. The molecule has 0 saturated heterocycles. The van der Waals surface area contributed by atoms with Gasteiger partial charge in [-0.25, -0.2) is 0 Å². The van der Waals surface area contributed by atoms with Gasteiger partial charge in [-0.3, -0.25) is 0 Å². The third kappa shape index (κ3) is 5.86. The van der Waals surface area contributed by atoms with E-state index in [4.69, 9.17) is 0 Å². The summed E-state index contributed by atoms with van der Waals surface area (Å²) < 4.78 is 0. The van der Waals surface area contributed by atoms with Gasteiger partial charge in [0, 0.05) is 16.9 Å². The average molecular weight is 650 g/mol. The van der Waals surface area contributed by atoms with Gasteiger partial charge in [0.25, 0.3) is 0 Å². The van der Waals surface area contributed by atoms with Gasteiger partial charge in [0.1, 0.15) is 0 Å². The number of hydrogen-bond acceptors (Lipinski definition) is 1. The highest BCUT2D eigenvalue weighted by molar-refractivity contribution is 6.14. The summed E-state index contributed by atoms with van der Waals surface area (Å²) in [5, 5.41) is 5.05. The van der Waals surface area contributed by atoms with Crippen molar-refractivity contribution in [3.8, 4) is 44.5 Å². The van der Waals surface area contributed by atoms with E-state index in [2.05, 4.69) is 217 Å². The number of fused-ring (bicyclic) bond motifs is 3. The van der Waals surface area contributed by atoms with Crippen LogP contribution in [-0.2, 0) is 0 Å². The lowest BCUT2D eigenvalue weighted by atomic mass is 9.92. The molecule has 1 nitrogen and oxygen atoms in total. The lowest BCUT2D eigenvalue weighted by molar-refractivity contribution is 1.28. The Morgan fingerprint density at radius 2 is 0.765 bits per heavy atom. The molecule has 0 aromatic heterocycles. The van der Waals surface area contributed by atoms with Crippen LogP contribution in [-0.4, -0.2) is 0 Å². The number of hydrogen-bond donors (Lipinski definition) is 0. The molecule has 51 heavy (non-hydrogen) atoms. The number of rotatable bonds is 7. The highest BCUT2D eigenvalue weighted by atomic mass is 15.1. The zero-order valence-electron chi connectivity index (χ0n) is 28.2. The van der Waals surface area contributed by atoms with Crippen molar-refractivity contribution >= 4 is 38.6 Å². The molecule has 0 heterocycles. The standard InChI is InChI=1S/C50H35N/c1-4-17-36(18-5-1)40-31-41(37-19-6-2-7-20-37)33-42(32-40)46-27-14-15-30-50(46)51(43-23-8-3-9-24-43)44-25-16-22-38(34-44)49-35-39-21-10-11-26-45(39)47-28-12-13-29-48(47)49/h1-35H. The van der Waals surface area contributed by atoms with E-state index in [9.17, 15) is 0 Å². The Morgan fingerprint density at radius 3 is 1.47 bits per heavy atom. The molecule has 0 fully saturated rings. The zero-order valence-corrected chi connectivity index (χ0v) is 28.2. The summed E-state index contributed by atoms with van der Waals surface area (Å²) in [4.78, 5) is 2.40. The lowest BCUT2D eigenvalue weighted by Crippen LogP contribution is -2.11. The zero-order chi connectivity index (χ0) is 34.0. The molecular formula is C50H35N. The molecule has 0 aliphatic rings. The Bertz CT molecular complexity index is 2570. The summed E-state index contributed by atoms with van der Waals surface area (Å²) in [5.74, 6) is 0. The lowest BCUT2D eigenvalue weighted by Gasteiger charge is -2.28. The van der Waals surface area contributed by atoms with E-state index < -0.39 is 0 Å². The topological polar surface area (TPSA) is 3.24 Å². The fraction of sp³-hybridized carbons (Fsp3) is 0. The molecule has 0 saturated carbocycles. The minimum absolute atomic E-state index is 1.10. The molecule has 240 valence electrons. The van der Waals surface area contributed by atoms with Crippen LogP contribution in [0.1, 0.15) is 0 Å². The normalized spacial score (nSPS) is 11.1. The van der Waals surface area contributed by atoms with E-state index in [1.165, 1.54) is 60.5 Å². The minimum Gasteiger partial charge on any atom is -0.310 e. The largest absolute Gasteiger partial charge is 0.310 e. The van der Waals surface area contributed by atoms with Crippen molar-refractivity contribution in [1.82, 2.24) is 0 Å². The smallest absolute Gasteiger partial charge is 0.0540 e. The van der Waals surface area contributed by atoms with E-state index >= 15 is 0 Å². The molecule has 9 rings (SSSR count). The molecule has 0 aliphatic heterocycles. The molecule has 1 heteroatoms. The second-order valence-corrected chi connectivity index (χ2v) is 13.0. The third-order valence-electron chi connectivity index (χ3n) is 9.80. The van der Waals surface area contributed by atoms with Crippen LogP contribution in [0.2, 0.25) is 0 Å². The van der Waals surface area contributed by atoms with Crippen LogP contribution in [0.4, 0.5) is 17.1 Å². The molecular weight excluding hydrogens is 615 g/mol. The molecule has 0 radical (unpaired) electrons. The van der Waals surface area contributed by atoms with Crippen molar-refractivity contribution < 1.29 is 0 Å². The van der Waals surface area contributed by atoms with Gasteiger partial charge in [0.15, 0.2) is 0 Å². The molecule has 0 spiro atoms. The fourth-order valence-electron chi connectivity index (χ4n) is 7.40. The summed E-state index contributed by atoms with van der Waals surface area (Å²) in [6.45, 7) is 0. The maximum atomic E-state index is 2.40. The first-order valence-electron chi connectivity index (χ1n) is 17.5.